The Hall–Kier alpha value is -1.38. The van der Waals surface area contributed by atoms with E-state index in [1.807, 2.05) is 13.1 Å². The number of thiol groups is 1. The van der Waals surface area contributed by atoms with Crippen LogP contribution in [-0.2, 0) is 17.9 Å². The number of benzene rings is 1. The van der Waals surface area contributed by atoms with Gasteiger partial charge >= 0.3 is 0 Å². The van der Waals surface area contributed by atoms with E-state index in [4.69, 9.17) is 16.6 Å². The first-order chi connectivity index (χ1) is 11.5. The minimum absolute atomic E-state index is 0.353. The van der Waals surface area contributed by atoms with Crippen LogP contribution < -0.4 is 9.52 Å². The zero-order valence-corrected chi connectivity index (χ0v) is 15.7. The highest BCUT2D eigenvalue weighted by molar-refractivity contribution is 7.73. The first-order valence-electron chi connectivity index (χ1n) is 7.82. The molecule has 0 atom stereocenters. The number of nitrogens with zero attached hydrogens (tertiary/aromatic N) is 3. The molecule has 1 N–H and O–H groups in total. The van der Waals surface area contributed by atoms with Gasteiger partial charge in [0.1, 0.15) is 5.01 Å². The number of aryl methyl sites for hydroxylation is 1. The van der Waals surface area contributed by atoms with E-state index < -0.39 is 10.9 Å². The van der Waals surface area contributed by atoms with Crippen molar-refractivity contribution in [2.24, 2.45) is 12.0 Å². The van der Waals surface area contributed by atoms with Crippen molar-refractivity contribution >= 4 is 39.5 Å². The molecule has 1 fully saturated rings. The van der Waals surface area contributed by atoms with Gasteiger partial charge < -0.3 is 0 Å². The third-order valence-electron chi connectivity index (χ3n) is 4.00. The fourth-order valence-corrected chi connectivity index (χ4v) is 4.36. The molecule has 0 unspecified atom stereocenters. The van der Waals surface area contributed by atoms with Crippen molar-refractivity contribution in [3.63, 3.8) is 0 Å². The Bertz CT molecular complexity index is 859. The van der Waals surface area contributed by atoms with Crippen LogP contribution in [0.3, 0.4) is 0 Å². The van der Waals surface area contributed by atoms with Gasteiger partial charge in [0.25, 0.3) is 0 Å². The van der Waals surface area contributed by atoms with Gasteiger partial charge in [-0.05, 0) is 25.0 Å². The van der Waals surface area contributed by atoms with Crippen LogP contribution in [0.25, 0.3) is 10.6 Å². The number of aromatic nitrogens is 2. The summed E-state index contributed by atoms with van der Waals surface area (Å²) in [4.78, 5) is 5.72. The van der Waals surface area contributed by atoms with Gasteiger partial charge in [-0.1, -0.05) is 48.3 Å². The average molecular weight is 387 g/mol. The Balaban J connectivity index is 1.93. The van der Waals surface area contributed by atoms with Gasteiger partial charge in [0.2, 0.25) is 15.7 Å². The highest BCUT2D eigenvalue weighted by Gasteiger charge is 2.13. The third-order valence-corrected chi connectivity index (χ3v) is 5.81. The largest absolute Gasteiger partial charge is 0.284 e. The monoisotopic (exact) mass is 386 g/mol. The molecule has 0 radical (unpaired) electrons. The van der Waals surface area contributed by atoms with Crippen LogP contribution >= 0.6 is 22.9 Å². The summed E-state index contributed by atoms with van der Waals surface area (Å²) in [6.07, 6.45) is 6.05. The Labute approximate surface area is 151 Å². The number of halogens is 1. The summed E-state index contributed by atoms with van der Waals surface area (Å²) in [6.45, 7) is 0. The maximum atomic E-state index is 10.9. The summed E-state index contributed by atoms with van der Waals surface area (Å²) in [5.74, 6) is 0. The van der Waals surface area contributed by atoms with Crippen LogP contribution in [0.5, 0.6) is 0 Å². The maximum absolute atomic E-state index is 10.9. The molecule has 2 aromatic rings. The van der Waals surface area contributed by atoms with Crippen LogP contribution in [0.4, 0.5) is 5.69 Å². The molecule has 0 aliphatic heterocycles. The predicted octanol–water partition coefficient (Wildman–Crippen LogP) is 2.97. The summed E-state index contributed by atoms with van der Waals surface area (Å²) in [7, 11) is -0.882. The van der Waals surface area contributed by atoms with Crippen LogP contribution in [0.2, 0.25) is 5.02 Å². The van der Waals surface area contributed by atoms with E-state index in [9.17, 15) is 8.42 Å². The molecule has 0 saturated heterocycles. The van der Waals surface area contributed by atoms with Crippen molar-refractivity contribution in [1.82, 2.24) is 9.78 Å². The molecule has 6 nitrogen and oxygen atoms in total. The highest BCUT2D eigenvalue weighted by atomic mass is 35.5. The molecule has 1 aromatic heterocycles. The number of hydrogen-bond donors (Lipinski definition) is 2. The van der Waals surface area contributed by atoms with Crippen LogP contribution in [0.15, 0.2) is 23.2 Å². The number of nitrogens with one attached hydrogen (secondary N) is 1. The van der Waals surface area contributed by atoms with Gasteiger partial charge in [-0.3, -0.25) is 9.71 Å². The van der Waals surface area contributed by atoms with Gasteiger partial charge in [0.05, 0.1) is 16.8 Å². The second kappa shape index (κ2) is 7.67. The number of anilines is 1. The molecule has 130 valence electrons. The summed E-state index contributed by atoms with van der Waals surface area (Å²) >= 11 is 7.53. The van der Waals surface area contributed by atoms with Crippen LogP contribution in [0, 0.1) is 0 Å². The lowest BCUT2D eigenvalue weighted by atomic mass is 9.96. The van der Waals surface area contributed by atoms with Crippen molar-refractivity contribution < 1.29 is 8.42 Å². The van der Waals surface area contributed by atoms with Crippen molar-refractivity contribution in [2.45, 2.75) is 38.1 Å². The van der Waals surface area contributed by atoms with Crippen molar-refractivity contribution in [1.29, 1.82) is 0 Å². The molecule has 1 aliphatic rings. The zero-order valence-electron chi connectivity index (χ0n) is 13.2. The quantitative estimate of drug-likeness (QED) is 0.793. The third kappa shape index (κ3) is 4.17. The first kappa shape index (κ1) is 17.4. The molecule has 1 aliphatic carbocycles. The second-order valence-electron chi connectivity index (χ2n) is 5.80. The zero-order chi connectivity index (χ0) is 17.1. The summed E-state index contributed by atoms with van der Waals surface area (Å²) in [5.41, 5.74) is 1.17. The van der Waals surface area contributed by atoms with E-state index >= 15 is 0 Å². The molecule has 1 heterocycles. The van der Waals surface area contributed by atoms with E-state index in [0.717, 1.165) is 28.2 Å². The molecule has 24 heavy (non-hydrogen) atoms. The van der Waals surface area contributed by atoms with Gasteiger partial charge in [-0.25, -0.2) is 13.1 Å². The Morgan fingerprint density at radius 2 is 2.08 bits per heavy atom. The molecule has 1 aromatic carbocycles. The topological polar surface area (TPSA) is 76.3 Å². The number of hydrogen-bond acceptors (Lipinski definition) is 5. The van der Waals surface area contributed by atoms with E-state index in [2.05, 4.69) is 9.82 Å². The lowest BCUT2D eigenvalue weighted by Crippen LogP contribution is -2.18. The fraction of sp³-hybridized carbons (Fsp3) is 0.467. The highest BCUT2D eigenvalue weighted by Crippen LogP contribution is 2.29. The molecule has 3 rings (SSSR count). The molecular formula is C15H19ClN4O2S2. The van der Waals surface area contributed by atoms with Gasteiger partial charge in [0, 0.05) is 12.6 Å². The average Bonchev–Trinajstić information content (AvgIpc) is 2.91. The SMILES string of the molecule is Cn1nc(-c2ccc(Cl)c(N[SH](=O)=O)c2)s/c1=N/C1CCCCC1. The van der Waals surface area contributed by atoms with E-state index in [1.165, 1.54) is 30.6 Å². The standard InChI is InChI=1S/C15H19ClN4O2S2/c1-20-15(17-11-5-3-2-4-6-11)23-14(18-20)10-7-8-12(16)13(9-10)19-24(21)22/h7-9,11,24H,2-6H2,1H3,(H,19,21,22)/b17-15+. The van der Waals surface area contributed by atoms with Crippen LogP contribution in [-0.4, -0.2) is 24.2 Å². The van der Waals surface area contributed by atoms with Crippen molar-refractivity contribution in [3.8, 4) is 10.6 Å². The minimum atomic E-state index is -2.76. The second-order valence-corrected chi connectivity index (χ2v) is 7.90. The minimum Gasteiger partial charge on any atom is -0.284 e. The van der Waals surface area contributed by atoms with E-state index in [1.54, 1.807) is 16.8 Å². The predicted molar refractivity (Wildman–Crippen MR) is 97.9 cm³/mol. The van der Waals surface area contributed by atoms with Gasteiger partial charge in [-0.15, -0.1) is 0 Å². The van der Waals surface area contributed by atoms with Crippen LogP contribution in [0.1, 0.15) is 32.1 Å². The van der Waals surface area contributed by atoms with Gasteiger partial charge in [0.15, 0.2) is 0 Å². The molecule has 0 spiro atoms. The molecule has 9 heteroatoms. The van der Waals surface area contributed by atoms with E-state index in [-0.39, 0.29) is 0 Å². The van der Waals surface area contributed by atoms with Crippen molar-refractivity contribution in [3.05, 3.63) is 28.0 Å². The normalized spacial score (nSPS) is 16.7. The lowest BCUT2D eigenvalue weighted by molar-refractivity contribution is 0.434. The first-order valence-corrected chi connectivity index (χ1v) is 10.2. The Morgan fingerprint density at radius 3 is 2.79 bits per heavy atom. The van der Waals surface area contributed by atoms with E-state index in [0.29, 0.717) is 16.8 Å². The maximum Gasteiger partial charge on any atom is 0.222 e. The lowest BCUT2D eigenvalue weighted by Gasteiger charge is -2.16. The van der Waals surface area contributed by atoms with Crippen molar-refractivity contribution in [2.75, 3.05) is 4.72 Å². The summed E-state index contributed by atoms with van der Waals surface area (Å²) in [5, 5.41) is 5.65. The fourth-order valence-electron chi connectivity index (χ4n) is 2.79. The Kier molecular flexibility index (Phi) is 5.57. The molecular weight excluding hydrogens is 368 g/mol. The molecule has 0 amide bonds. The summed E-state index contributed by atoms with van der Waals surface area (Å²) < 4.78 is 25.9. The molecule has 1 saturated carbocycles. The smallest absolute Gasteiger partial charge is 0.222 e. The number of rotatable bonds is 4. The summed E-state index contributed by atoms with van der Waals surface area (Å²) in [6, 6.07) is 5.56. The Morgan fingerprint density at radius 1 is 1.33 bits per heavy atom. The van der Waals surface area contributed by atoms with Gasteiger partial charge in [-0.2, -0.15) is 5.10 Å². The molecule has 0 bridgehead atoms.